The molecular weight excluding hydrogens is 268 g/mol. The summed E-state index contributed by atoms with van der Waals surface area (Å²) in [6, 6.07) is 6.44. The molecule has 0 fully saturated rings. The number of hydrogen-bond donors (Lipinski definition) is 1. The second-order valence-corrected chi connectivity index (χ2v) is 6.90. The van der Waals surface area contributed by atoms with E-state index in [0.717, 1.165) is 12.0 Å². The zero-order valence-electron chi connectivity index (χ0n) is 15.3. The van der Waals surface area contributed by atoms with Gasteiger partial charge in [-0.15, -0.1) is 0 Å². The number of benzene rings is 1. The van der Waals surface area contributed by atoms with E-state index in [-0.39, 0.29) is 5.41 Å². The predicted octanol–water partition coefficient (Wildman–Crippen LogP) is 5.61. The number of nitrogen functional groups attached to an aromatic ring is 1. The molecule has 22 heavy (non-hydrogen) atoms. The van der Waals surface area contributed by atoms with Crippen molar-refractivity contribution in [1.29, 1.82) is 5.26 Å². The van der Waals surface area contributed by atoms with Gasteiger partial charge >= 0.3 is 0 Å². The molecule has 1 unspecified atom stereocenters. The average Bonchev–Trinajstić information content (AvgIpc) is 2.49. The average molecular weight is 300 g/mol. The molecule has 1 atom stereocenters. The molecule has 1 aliphatic rings. The smallest absolute Gasteiger partial charge is 0.102 e. The van der Waals surface area contributed by atoms with E-state index < -0.39 is 0 Å². The quantitative estimate of drug-likeness (QED) is 0.721. The van der Waals surface area contributed by atoms with E-state index in [4.69, 9.17) is 5.73 Å². The van der Waals surface area contributed by atoms with Crippen LogP contribution in [-0.2, 0) is 5.41 Å². The van der Waals surface area contributed by atoms with Crippen LogP contribution < -0.4 is 5.73 Å². The third kappa shape index (κ3) is 2.74. The fourth-order valence-corrected chi connectivity index (χ4v) is 4.22. The molecule has 0 radical (unpaired) electrons. The lowest BCUT2D eigenvalue weighted by Gasteiger charge is -2.48. The SMILES string of the molecule is CC.CC1CCC(C(C)C)(C(C)C)c2c1ccc(N)c2C#N. The number of anilines is 1. The second kappa shape index (κ2) is 7.18. The molecule has 0 amide bonds. The Kier molecular flexibility index (Phi) is 6.06. The van der Waals surface area contributed by atoms with Crippen LogP contribution in [0.4, 0.5) is 5.69 Å². The van der Waals surface area contributed by atoms with Crippen molar-refractivity contribution in [2.24, 2.45) is 11.8 Å². The van der Waals surface area contributed by atoms with Gasteiger partial charge in [0.2, 0.25) is 0 Å². The monoisotopic (exact) mass is 300 g/mol. The van der Waals surface area contributed by atoms with Crippen LogP contribution in [-0.4, -0.2) is 0 Å². The van der Waals surface area contributed by atoms with Crippen molar-refractivity contribution in [3.63, 3.8) is 0 Å². The van der Waals surface area contributed by atoms with Crippen LogP contribution in [0.3, 0.4) is 0 Å². The maximum Gasteiger partial charge on any atom is 0.102 e. The normalized spacial score (nSPS) is 19.2. The number of nitriles is 1. The molecule has 1 aromatic carbocycles. The molecule has 0 bridgehead atoms. The number of fused-ring (bicyclic) bond motifs is 1. The topological polar surface area (TPSA) is 49.8 Å². The lowest BCUT2D eigenvalue weighted by molar-refractivity contribution is 0.178. The van der Waals surface area contributed by atoms with E-state index >= 15 is 0 Å². The van der Waals surface area contributed by atoms with Crippen molar-refractivity contribution in [2.45, 2.75) is 72.6 Å². The Hall–Kier alpha value is -1.49. The fourth-order valence-electron chi connectivity index (χ4n) is 4.22. The third-order valence-electron chi connectivity index (χ3n) is 5.43. The minimum atomic E-state index is 0.0717. The molecule has 2 nitrogen and oxygen atoms in total. The zero-order valence-corrected chi connectivity index (χ0v) is 15.3. The van der Waals surface area contributed by atoms with Crippen molar-refractivity contribution < 1.29 is 0 Å². The predicted molar refractivity (Wildman–Crippen MR) is 95.9 cm³/mol. The summed E-state index contributed by atoms with van der Waals surface area (Å²) < 4.78 is 0. The van der Waals surface area contributed by atoms with Crippen molar-refractivity contribution in [3.05, 3.63) is 28.8 Å². The molecule has 0 spiro atoms. The molecular formula is C20H32N2. The van der Waals surface area contributed by atoms with Crippen LogP contribution >= 0.6 is 0 Å². The van der Waals surface area contributed by atoms with Crippen molar-refractivity contribution >= 4 is 5.69 Å². The van der Waals surface area contributed by atoms with E-state index in [0.29, 0.717) is 23.4 Å². The molecule has 2 heteroatoms. The molecule has 0 heterocycles. The van der Waals surface area contributed by atoms with Crippen molar-refractivity contribution in [3.8, 4) is 6.07 Å². The number of hydrogen-bond acceptors (Lipinski definition) is 2. The Morgan fingerprint density at radius 2 is 1.73 bits per heavy atom. The van der Waals surface area contributed by atoms with Gasteiger partial charge in [0.25, 0.3) is 0 Å². The molecule has 0 aliphatic heterocycles. The van der Waals surface area contributed by atoms with Crippen LogP contribution in [0, 0.1) is 23.2 Å². The van der Waals surface area contributed by atoms with Gasteiger partial charge in [0, 0.05) is 11.1 Å². The molecule has 1 aliphatic carbocycles. The minimum absolute atomic E-state index is 0.0717. The lowest BCUT2D eigenvalue weighted by atomic mass is 9.56. The zero-order chi connectivity index (χ0) is 17.1. The first-order chi connectivity index (χ1) is 10.4. The first-order valence-corrected chi connectivity index (χ1v) is 8.69. The Morgan fingerprint density at radius 3 is 2.18 bits per heavy atom. The van der Waals surface area contributed by atoms with Crippen LogP contribution in [0.25, 0.3) is 0 Å². The van der Waals surface area contributed by atoms with Gasteiger partial charge in [-0.2, -0.15) is 5.26 Å². The van der Waals surface area contributed by atoms with Gasteiger partial charge in [-0.3, -0.25) is 0 Å². The first kappa shape index (κ1) is 18.6. The molecule has 0 saturated carbocycles. The molecule has 2 rings (SSSR count). The van der Waals surface area contributed by atoms with Gasteiger partial charge in [0.1, 0.15) is 6.07 Å². The van der Waals surface area contributed by atoms with Crippen LogP contribution in [0.15, 0.2) is 12.1 Å². The maximum atomic E-state index is 9.63. The second-order valence-electron chi connectivity index (χ2n) is 6.90. The molecule has 0 aromatic heterocycles. The number of nitrogens with zero attached hydrogens (tertiary/aromatic N) is 1. The summed E-state index contributed by atoms with van der Waals surface area (Å²) in [5.74, 6) is 1.52. The van der Waals surface area contributed by atoms with E-state index in [1.807, 2.05) is 19.9 Å². The minimum Gasteiger partial charge on any atom is -0.398 e. The highest BCUT2D eigenvalue weighted by molar-refractivity contribution is 5.64. The first-order valence-electron chi connectivity index (χ1n) is 8.69. The van der Waals surface area contributed by atoms with Crippen LogP contribution in [0.2, 0.25) is 0 Å². The van der Waals surface area contributed by atoms with Gasteiger partial charge in [0.15, 0.2) is 0 Å². The highest BCUT2D eigenvalue weighted by Crippen LogP contribution is 2.53. The van der Waals surface area contributed by atoms with E-state index in [1.165, 1.54) is 17.5 Å². The van der Waals surface area contributed by atoms with E-state index in [2.05, 4.69) is 46.8 Å². The van der Waals surface area contributed by atoms with E-state index in [9.17, 15) is 5.26 Å². The van der Waals surface area contributed by atoms with Crippen molar-refractivity contribution in [2.75, 3.05) is 5.73 Å². The summed E-state index contributed by atoms with van der Waals surface area (Å²) in [5.41, 5.74) is 10.1. The standard InChI is InChI=1S/C18H26N2.C2H6/c1-11(2)18(12(3)4)9-8-13(5)14-6-7-16(20)15(10-19)17(14)18;1-2/h6-7,11-13H,8-9,20H2,1-5H3;1-2H3. The summed E-state index contributed by atoms with van der Waals surface area (Å²) >= 11 is 0. The maximum absolute atomic E-state index is 9.63. The Balaban J connectivity index is 0.00000116. The van der Waals surface area contributed by atoms with Crippen molar-refractivity contribution in [1.82, 2.24) is 0 Å². The summed E-state index contributed by atoms with van der Waals surface area (Å²) in [6.45, 7) is 15.4. The molecule has 0 saturated heterocycles. The summed E-state index contributed by atoms with van der Waals surface area (Å²) in [5, 5.41) is 9.63. The van der Waals surface area contributed by atoms with E-state index in [1.54, 1.807) is 0 Å². The highest BCUT2D eigenvalue weighted by Gasteiger charge is 2.45. The Bertz CT molecular complexity index is 542. The summed E-state index contributed by atoms with van der Waals surface area (Å²) in [4.78, 5) is 0. The number of rotatable bonds is 2. The Labute approximate surface area is 136 Å². The molecule has 1 aromatic rings. The molecule has 2 N–H and O–H groups in total. The fraction of sp³-hybridized carbons (Fsp3) is 0.650. The lowest BCUT2D eigenvalue weighted by Crippen LogP contribution is -2.42. The van der Waals surface area contributed by atoms with Gasteiger partial charge in [-0.1, -0.05) is 54.5 Å². The Morgan fingerprint density at radius 1 is 1.18 bits per heavy atom. The molecule has 122 valence electrons. The van der Waals surface area contributed by atoms with Gasteiger partial charge < -0.3 is 5.73 Å². The largest absolute Gasteiger partial charge is 0.398 e. The summed E-state index contributed by atoms with van der Waals surface area (Å²) in [7, 11) is 0. The van der Waals surface area contributed by atoms with Gasteiger partial charge in [0.05, 0.1) is 5.56 Å². The third-order valence-corrected chi connectivity index (χ3v) is 5.43. The highest BCUT2D eigenvalue weighted by atomic mass is 14.6. The summed E-state index contributed by atoms with van der Waals surface area (Å²) in [6.07, 6.45) is 2.34. The van der Waals surface area contributed by atoms with Crippen LogP contribution in [0.1, 0.15) is 83.9 Å². The van der Waals surface area contributed by atoms with Crippen LogP contribution in [0.5, 0.6) is 0 Å². The van der Waals surface area contributed by atoms with Gasteiger partial charge in [-0.05, 0) is 47.8 Å². The number of nitrogens with two attached hydrogens (primary N) is 1. The van der Waals surface area contributed by atoms with Gasteiger partial charge in [-0.25, -0.2) is 0 Å².